The van der Waals surface area contributed by atoms with Crippen LogP contribution in [-0.4, -0.2) is 49.2 Å². The molecule has 0 aromatic heterocycles. The van der Waals surface area contributed by atoms with E-state index in [-0.39, 0.29) is 19.2 Å². The van der Waals surface area contributed by atoms with Gasteiger partial charge in [0.25, 0.3) is 0 Å². The second-order valence-electron chi connectivity index (χ2n) is 4.45. The molecular formula is C20H44O5. The molecule has 0 aliphatic heterocycles. The Morgan fingerprint density at radius 3 is 1.52 bits per heavy atom. The van der Waals surface area contributed by atoms with Gasteiger partial charge in [-0.3, -0.25) is 4.79 Å². The van der Waals surface area contributed by atoms with Crippen LogP contribution in [-0.2, 0) is 14.3 Å². The monoisotopic (exact) mass is 364 g/mol. The number of hydrogen-bond donors (Lipinski definition) is 2. The van der Waals surface area contributed by atoms with Crippen molar-refractivity contribution in [2.24, 2.45) is 0 Å². The van der Waals surface area contributed by atoms with E-state index in [1.165, 1.54) is 26.2 Å². The highest BCUT2D eigenvalue weighted by Crippen LogP contribution is 1.98. The Morgan fingerprint density at radius 1 is 0.920 bits per heavy atom. The highest BCUT2D eigenvalue weighted by atomic mass is 16.5. The predicted octanol–water partition coefficient (Wildman–Crippen LogP) is 4.53. The van der Waals surface area contributed by atoms with Gasteiger partial charge in [0.05, 0.1) is 19.8 Å². The van der Waals surface area contributed by atoms with Crippen molar-refractivity contribution >= 4 is 5.97 Å². The van der Waals surface area contributed by atoms with Gasteiger partial charge in [0.2, 0.25) is 0 Å². The van der Waals surface area contributed by atoms with Crippen molar-refractivity contribution in [1.29, 1.82) is 0 Å². The van der Waals surface area contributed by atoms with Gasteiger partial charge in [-0.1, -0.05) is 38.3 Å². The molecule has 0 saturated heterocycles. The van der Waals surface area contributed by atoms with Gasteiger partial charge in [0, 0.05) is 20.1 Å². The summed E-state index contributed by atoms with van der Waals surface area (Å²) >= 11 is 0. The SMILES string of the molecule is C=CC.C=CC.CCCCCCOC(C)=O.CCOCC.OCCO. The summed E-state index contributed by atoms with van der Waals surface area (Å²) in [5.41, 5.74) is 0. The molecule has 0 saturated carbocycles. The average Bonchev–Trinajstić information content (AvgIpc) is 2.57. The molecule has 0 spiro atoms. The normalized spacial score (nSPS) is 7.68. The van der Waals surface area contributed by atoms with E-state index in [4.69, 9.17) is 19.7 Å². The molecule has 5 heteroatoms. The van der Waals surface area contributed by atoms with E-state index in [9.17, 15) is 4.79 Å². The number of esters is 1. The van der Waals surface area contributed by atoms with Crippen molar-refractivity contribution in [1.82, 2.24) is 0 Å². The van der Waals surface area contributed by atoms with Crippen LogP contribution in [0.1, 0.15) is 67.2 Å². The third kappa shape index (κ3) is 127. The Hall–Kier alpha value is -1.17. The number of carbonyl (C=O) groups excluding carboxylic acids is 1. The fraction of sp³-hybridized carbons (Fsp3) is 0.750. The molecule has 0 unspecified atom stereocenters. The van der Waals surface area contributed by atoms with Gasteiger partial charge in [-0.25, -0.2) is 0 Å². The summed E-state index contributed by atoms with van der Waals surface area (Å²) < 4.78 is 9.58. The van der Waals surface area contributed by atoms with E-state index in [0.717, 1.165) is 19.6 Å². The molecule has 0 atom stereocenters. The molecule has 0 heterocycles. The number of hydrogen-bond acceptors (Lipinski definition) is 5. The van der Waals surface area contributed by atoms with E-state index in [2.05, 4.69) is 20.1 Å². The summed E-state index contributed by atoms with van der Waals surface area (Å²) in [5, 5.41) is 15.2. The van der Waals surface area contributed by atoms with Crippen molar-refractivity contribution in [2.45, 2.75) is 67.2 Å². The largest absolute Gasteiger partial charge is 0.466 e. The second-order valence-corrected chi connectivity index (χ2v) is 4.45. The zero-order valence-corrected chi connectivity index (χ0v) is 17.6. The molecule has 0 aliphatic carbocycles. The summed E-state index contributed by atoms with van der Waals surface area (Å²) in [7, 11) is 0. The smallest absolute Gasteiger partial charge is 0.302 e. The number of unbranched alkanes of at least 4 members (excludes halogenated alkanes) is 3. The van der Waals surface area contributed by atoms with Crippen molar-refractivity contribution in [3.63, 3.8) is 0 Å². The number of aliphatic hydroxyl groups is 2. The maximum absolute atomic E-state index is 10.3. The minimum atomic E-state index is -0.170. The molecule has 0 aromatic rings. The number of allylic oxidation sites excluding steroid dienone is 2. The summed E-state index contributed by atoms with van der Waals surface area (Å²) in [6, 6.07) is 0. The Bertz CT molecular complexity index is 208. The average molecular weight is 365 g/mol. The van der Waals surface area contributed by atoms with Crippen molar-refractivity contribution < 1.29 is 24.5 Å². The second kappa shape index (κ2) is 49.5. The fourth-order valence-electron chi connectivity index (χ4n) is 0.949. The first kappa shape index (κ1) is 35.0. The minimum absolute atomic E-state index is 0.125. The van der Waals surface area contributed by atoms with E-state index >= 15 is 0 Å². The lowest BCUT2D eigenvalue weighted by Gasteiger charge is -1.99. The van der Waals surface area contributed by atoms with Crippen LogP contribution < -0.4 is 0 Å². The van der Waals surface area contributed by atoms with Gasteiger partial charge in [0.1, 0.15) is 0 Å². The first-order valence-corrected chi connectivity index (χ1v) is 9.00. The standard InChI is InChI=1S/C8H16O2.C4H10O.2C3H6.C2H6O2/c1-3-4-5-6-7-10-8(2)9;1-3-5-4-2;2*1-3-2;3-1-2-4/h3-7H2,1-2H3;3-4H2,1-2H3;2*3H,1H2,2H3;3-4H,1-2H2. The van der Waals surface area contributed by atoms with Gasteiger partial charge in [-0.15, -0.1) is 13.2 Å². The zero-order valence-electron chi connectivity index (χ0n) is 17.6. The van der Waals surface area contributed by atoms with Crippen LogP contribution >= 0.6 is 0 Å². The van der Waals surface area contributed by atoms with Crippen LogP contribution in [0.2, 0.25) is 0 Å². The molecule has 154 valence electrons. The Labute approximate surface area is 156 Å². The highest BCUT2D eigenvalue weighted by Gasteiger charge is 1.91. The molecule has 0 aromatic carbocycles. The van der Waals surface area contributed by atoms with Crippen LogP contribution in [0.15, 0.2) is 25.3 Å². The topological polar surface area (TPSA) is 76.0 Å². The third-order valence-electron chi connectivity index (χ3n) is 1.81. The summed E-state index contributed by atoms with van der Waals surface area (Å²) in [6.45, 7) is 20.1. The maximum Gasteiger partial charge on any atom is 0.302 e. The zero-order chi connectivity index (χ0) is 20.8. The number of carbonyl (C=O) groups is 1. The number of rotatable bonds is 8. The van der Waals surface area contributed by atoms with E-state index in [0.29, 0.717) is 6.61 Å². The third-order valence-corrected chi connectivity index (χ3v) is 1.81. The van der Waals surface area contributed by atoms with E-state index in [1.54, 1.807) is 12.2 Å². The van der Waals surface area contributed by atoms with Gasteiger partial charge < -0.3 is 19.7 Å². The van der Waals surface area contributed by atoms with E-state index in [1.807, 2.05) is 27.7 Å². The maximum atomic E-state index is 10.3. The van der Waals surface area contributed by atoms with Crippen molar-refractivity contribution in [3.8, 4) is 0 Å². The highest BCUT2D eigenvalue weighted by molar-refractivity contribution is 5.65. The van der Waals surface area contributed by atoms with E-state index < -0.39 is 0 Å². The van der Waals surface area contributed by atoms with Crippen molar-refractivity contribution in [3.05, 3.63) is 25.3 Å². The fourth-order valence-corrected chi connectivity index (χ4v) is 0.949. The molecule has 5 nitrogen and oxygen atoms in total. The van der Waals surface area contributed by atoms with Gasteiger partial charge in [-0.05, 0) is 34.1 Å². The Morgan fingerprint density at radius 2 is 1.32 bits per heavy atom. The van der Waals surface area contributed by atoms with Crippen LogP contribution in [0.4, 0.5) is 0 Å². The van der Waals surface area contributed by atoms with Crippen LogP contribution in [0, 0.1) is 0 Å². The Kier molecular flexibility index (Phi) is 69.3. The predicted molar refractivity (Wildman–Crippen MR) is 109 cm³/mol. The molecule has 0 radical (unpaired) electrons. The van der Waals surface area contributed by atoms with Crippen LogP contribution in [0.25, 0.3) is 0 Å². The minimum Gasteiger partial charge on any atom is -0.466 e. The molecule has 2 N–H and O–H groups in total. The molecular weight excluding hydrogens is 320 g/mol. The van der Waals surface area contributed by atoms with Gasteiger partial charge in [0.15, 0.2) is 0 Å². The van der Waals surface area contributed by atoms with Gasteiger partial charge >= 0.3 is 5.97 Å². The molecule has 0 amide bonds. The first-order valence-electron chi connectivity index (χ1n) is 9.00. The summed E-state index contributed by atoms with van der Waals surface area (Å²) in [4.78, 5) is 10.3. The summed E-state index contributed by atoms with van der Waals surface area (Å²) in [5.74, 6) is -0.170. The number of aliphatic hydroxyl groups excluding tert-OH is 2. The number of ether oxygens (including phenoxy) is 2. The van der Waals surface area contributed by atoms with Crippen molar-refractivity contribution in [2.75, 3.05) is 33.0 Å². The summed E-state index contributed by atoms with van der Waals surface area (Å²) in [6.07, 6.45) is 8.14. The van der Waals surface area contributed by atoms with Crippen LogP contribution in [0.3, 0.4) is 0 Å². The molecule has 0 fully saturated rings. The molecule has 0 rings (SSSR count). The first-order chi connectivity index (χ1) is 11.9. The molecule has 25 heavy (non-hydrogen) atoms. The molecule has 0 aliphatic rings. The lowest BCUT2D eigenvalue weighted by Crippen LogP contribution is -1.99. The lowest BCUT2D eigenvalue weighted by atomic mass is 10.2. The lowest BCUT2D eigenvalue weighted by molar-refractivity contribution is -0.141. The quantitative estimate of drug-likeness (QED) is 0.376. The Balaban J connectivity index is -0.0000000750. The van der Waals surface area contributed by atoms with Crippen LogP contribution in [0.5, 0.6) is 0 Å². The molecule has 0 bridgehead atoms. The van der Waals surface area contributed by atoms with Gasteiger partial charge in [-0.2, -0.15) is 0 Å².